The molecule has 0 fully saturated rings. The summed E-state index contributed by atoms with van der Waals surface area (Å²) in [5.74, 6) is 0.0386. The highest BCUT2D eigenvalue weighted by atomic mass is 32.2. The Balaban J connectivity index is 1.91. The van der Waals surface area contributed by atoms with E-state index in [2.05, 4.69) is 5.32 Å². The maximum atomic E-state index is 11.8. The second-order valence-electron chi connectivity index (χ2n) is 4.04. The molecule has 20 heavy (non-hydrogen) atoms. The molecule has 2 N–H and O–H groups in total. The summed E-state index contributed by atoms with van der Waals surface area (Å²) in [4.78, 5) is 12.8. The Labute approximate surface area is 121 Å². The molecule has 0 heterocycles. The van der Waals surface area contributed by atoms with Gasteiger partial charge in [0.2, 0.25) is 0 Å². The number of nitrogens with one attached hydrogen (secondary N) is 1. The van der Waals surface area contributed by atoms with Crippen LogP contribution in [-0.4, -0.2) is 23.9 Å². The van der Waals surface area contributed by atoms with Gasteiger partial charge in [0, 0.05) is 10.6 Å². The van der Waals surface area contributed by atoms with Gasteiger partial charge >= 0.3 is 0 Å². The predicted molar refractivity (Wildman–Crippen MR) is 80.5 cm³/mol. The van der Waals surface area contributed by atoms with Crippen molar-refractivity contribution >= 4 is 23.4 Å². The summed E-state index contributed by atoms with van der Waals surface area (Å²) in [6.45, 7) is -0.152. The minimum absolute atomic E-state index is 0.0182. The molecule has 0 spiro atoms. The van der Waals surface area contributed by atoms with Crippen LogP contribution < -0.4 is 10.1 Å². The Morgan fingerprint density at radius 1 is 1.25 bits per heavy atom. The van der Waals surface area contributed by atoms with E-state index in [0.29, 0.717) is 5.75 Å². The number of carbonyl (C=O) groups excluding carboxylic acids is 1. The minimum atomic E-state index is -0.272. The Bertz CT molecular complexity index is 601. The maximum Gasteiger partial charge on any atom is 0.262 e. The zero-order chi connectivity index (χ0) is 14.4. The van der Waals surface area contributed by atoms with Crippen molar-refractivity contribution in [2.24, 2.45) is 0 Å². The van der Waals surface area contributed by atoms with Crippen molar-refractivity contribution in [3.8, 4) is 11.5 Å². The van der Waals surface area contributed by atoms with Gasteiger partial charge in [0.15, 0.2) is 18.1 Å². The molecule has 0 aromatic heterocycles. The molecule has 0 aliphatic rings. The molecule has 1 amide bonds. The highest BCUT2D eigenvalue weighted by Crippen LogP contribution is 2.24. The average Bonchev–Trinajstić information content (AvgIpc) is 2.46. The van der Waals surface area contributed by atoms with Crippen LogP contribution >= 0.6 is 11.8 Å². The van der Waals surface area contributed by atoms with Gasteiger partial charge in [-0.1, -0.05) is 18.2 Å². The number of aromatic hydroxyl groups is 1. The number of phenols is 1. The average molecular weight is 289 g/mol. The third-order valence-electron chi connectivity index (χ3n) is 2.58. The molecule has 0 atom stereocenters. The molecule has 2 aromatic rings. The lowest BCUT2D eigenvalue weighted by Crippen LogP contribution is -2.20. The first-order valence-corrected chi connectivity index (χ1v) is 7.26. The zero-order valence-corrected chi connectivity index (χ0v) is 11.8. The van der Waals surface area contributed by atoms with Crippen LogP contribution in [0.2, 0.25) is 0 Å². The lowest BCUT2D eigenvalue weighted by atomic mass is 10.3. The number of phenolic OH excluding ortho intramolecular Hbond substituents is 1. The molecule has 0 saturated carbocycles. The summed E-state index contributed by atoms with van der Waals surface area (Å²) < 4.78 is 5.26. The van der Waals surface area contributed by atoms with Crippen LogP contribution in [0.25, 0.3) is 0 Å². The Kier molecular flexibility index (Phi) is 4.90. The van der Waals surface area contributed by atoms with E-state index in [1.807, 2.05) is 30.5 Å². The van der Waals surface area contributed by atoms with Gasteiger partial charge in [-0.2, -0.15) is 0 Å². The normalized spacial score (nSPS) is 10.1. The molecule has 0 aliphatic carbocycles. The van der Waals surface area contributed by atoms with E-state index in [1.54, 1.807) is 30.0 Å². The minimum Gasteiger partial charge on any atom is -0.504 e. The van der Waals surface area contributed by atoms with Crippen molar-refractivity contribution in [3.63, 3.8) is 0 Å². The number of thioether (sulfide) groups is 1. The number of ether oxygens (including phenoxy) is 1. The van der Waals surface area contributed by atoms with Gasteiger partial charge in [-0.25, -0.2) is 0 Å². The third kappa shape index (κ3) is 3.93. The maximum absolute atomic E-state index is 11.8. The van der Waals surface area contributed by atoms with Crippen molar-refractivity contribution < 1.29 is 14.6 Å². The monoisotopic (exact) mass is 289 g/mol. The molecule has 0 bridgehead atoms. The van der Waals surface area contributed by atoms with Crippen molar-refractivity contribution in [2.45, 2.75) is 4.90 Å². The van der Waals surface area contributed by atoms with Gasteiger partial charge < -0.3 is 15.2 Å². The quantitative estimate of drug-likeness (QED) is 0.830. The van der Waals surface area contributed by atoms with Crippen molar-refractivity contribution in [2.75, 3.05) is 18.2 Å². The molecule has 2 rings (SSSR count). The van der Waals surface area contributed by atoms with Gasteiger partial charge in [-0.3, -0.25) is 4.79 Å². The van der Waals surface area contributed by atoms with E-state index < -0.39 is 0 Å². The smallest absolute Gasteiger partial charge is 0.262 e. The topological polar surface area (TPSA) is 58.6 Å². The SMILES string of the molecule is CSc1cccc(NC(=O)COc2ccccc2O)c1. The lowest BCUT2D eigenvalue weighted by Gasteiger charge is -2.09. The highest BCUT2D eigenvalue weighted by Gasteiger charge is 2.06. The second-order valence-corrected chi connectivity index (χ2v) is 4.92. The summed E-state index contributed by atoms with van der Waals surface area (Å²) in [6.07, 6.45) is 1.97. The van der Waals surface area contributed by atoms with E-state index in [1.165, 1.54) is 6.07 Å². The van der Waals surface area contributed by atoms with Crippen LogP contribution in [0, 0.1) is 0 Å². The molecule has 0 unspecified atom stereocenters. The molecule has 0 saturated heterocycles. The summed E-state index contributed by atoms with van der Waals surface area (Å²) in [5, 5.41) is 12.3. The Hall–Kier alpha value is -2.14. The summed E-state index contributed by atoms with van der Waals surface area (Å²) >= 11 is 1.61. The fraction of sp³-hybridized carbons (Fsp3) is 0.133. The van der Waals surface area contributed by atoms with E-state index in [-0.39, 0.29) is 18.3 Å². The van der Waals surface area contributed by atoms with E-state index in [0.717, 1.165) is 10.6 Å². The molecular weight excluding hydrogens is 274 g/mol. The highest BCUT2D eigenvalue weighted by molar-refractivity contribution is 7.98. The fourth-order valence-electron chi connectivity index (χ4n) is 1.62. The van der Waals surface area contributed by atoms with Crippen LogP contribution in [-0.2, 0) is 4.79 Å². The fourth-order valence-corrected chi connectivity index (χ4v) is 2.08. The first kappa shape index (κ1) is 14.3. The standard InChI is InChI=1S/C15H15NO3S/c1-20-12-6-4-5-11(9-12)16-15(18)10-19-14-8-3-2-7-13(14)17/h2-9,17H,10H2,1H3,(H,16,18). The van der Waals surface area contributed by atoms with Crippen LogP contribution in [0.1, 0.15) is 0 Å². The number of para-hydroxylation sites is 2. The summed E-state index contributed by atoms with van der Waals surface area (Å²) in [7, 11) is 0. The molecule has 4 nitrogen and oxygen atoms in total. The number of hydrogen-bond donors (Lipinski definition) is 2. The van der Waals surface area contributed by atoms with E-state index in [9.17, 15) is 9.90 Å². The van der Waals surface area contributed by atoms with Crippen LogP contribution in [0.3, 0.4) is 0 Å². The molecule has 0 aliphatic heterocycles. The number of amides is 1. The summed E-state index contributed by atoms with van der Waals surface area (Å²) in [6, 6.07) is 14.1. The van der Waals surface area contributed by atoms with Gasteiger partial charge in [0.25, 0.3) is 5.91 Å². The number of hydrogen-bond acceptors (Lipinski definition) is 4. The van der Waals surface area contributed by atoms with Crippen LogP contribution in [0.5, 0.6) is 11.5 Å². The van der Waals surface area contributed by atoms with Gasteiger partial charge in [-0.15, -0.1) is 11.8 Å². The van der Waals surface area contributed by atoms with Crippen molar-refractivity contribution in [1.29, 1.82) is 0 Å². The van der Waals surface area contributed by atoms with Crippen LogP contribution in [0.15, 0.2) is 53.4 Å². The third-order valence-corrected chi connectivity index (χ3v) is 3.30. The second kappa shape index (κ2) is 6.86. The lowest BCUT2D eigenvalue weighted by molar-refractivity contribution is -0.118. The van der Waals surface area contributed by atoms with E-state index in [4.69, 9.17) is 4.74 Å². The van der Waals surface area contributed by atoms with Crippen molar-refractivity contribution in [3.05, 3.63) is 48.5 Å². The molecular formula is C15H15NO3S. The Morgan fingerprint density at radius 2 is 2.05 bits per heavy atom. The first-order valence-electron chi connectivity index (χ1n) is 6.04. The Morgan fingerprint density at radius 3 is 2.80 bits per heavy atom. The number of rotatable bonds is 5. The molecule has 104 valence electrons. The zero-order valence-electron chi connectivity index (χ0n) is 11.0. The number of benzene rings is 2. The van der Waals surface area contributed by atoms with Gasteiger partial charge in [-0.05, 0) is 36.6 Å². The first-order chi connectivity index (χ1) is 9.69. The number of carbonyl (C=O) groups is 1. The van der Waals surface area contributed by atoms with E-state index >= 15 is 0 Å². The largest absolute Gasteiger partial charge is 0.504 e. The van der Waals surface area contributed by atoms with Gasteiger partial charge in [0.05, 0.1) is 0 Å². The molecule has 5 heteroatoms. The van der Waals surface area contributed by atoms with Crippen molar-refractivity contribution in [1.82, 2.24) is 0 Å². The summed E-state index contributed by atoms with van der Waals surface area (Å²) in [5.41, 5.74) is 0.725. The van der Waals surface area contributed by atoms with Crippen LogP contribution in [0.4, 0.5) is 5.69 Å². The molecule has 2 aromatic carbocycles. The van der Waals surface area contributed by atoms with Gasteiger partial charge in [0.1, 0.15) is 0 Å². The number of anilines is 1. The molecule has 0 radical (unpaired) electrons. The predicted octanol–water partition coefficient (Wildman–Crippen LogP) is 3.13.